The van der Waals surface area contributed by atoms with Gasteiger partial charge in [-0.25, -0.2) is 0 Å². The van der Waals surface area contributed by atoms with E-state index in [0.29, 0.717) is 12.3 Å². The Bertz CT molecular complexity index is 462. The van der Waals surface area contributed by atoms with Gasteiger partial charge in [-0.15, -0.1) is 0 Å². The summed E-state index contributed by atoms with van der Waals surface area (Å²) in [5.74, 6) is -0.354. The molecule has 2 rings (SSSR count). The fraction of sp³-hybridized carbons (Fsp3) is 0.429. The second-order valence-corrected chi connectivity index (χ2v) is 4.84. The van der Waals surface area contributed by atoms with Gasteiger partial charge in [0, 0.05) is 6.42 Å². The topological polar surface area (TPSA) is 58.9 Å². The number of oxime groups is 1. The summed E-state index contributed by atoms with van der Waals surface area (Å²) < 4.78 is 0. The Kier molecular flexibility index (Phi) is 3.65. The van der Waals surface area contributed by atoms with E-state index >= 15 is 0 Å². The first-order valence-corrected chi connectivity index (χ1v) is 6.11. The van der Waals surface area contributed by atoms with Crippen LogP contribution in [-0.4, -0.2) is 22.9 Å². The van der Waals surface area contributed by atoms with E-state index in [0.717, 1.165) is 11.3 Å². The third-order valence-corrected chi connectivity index (χ3v) is 3.05. The number of carboxylic acids is 1. The Balaban J connectivity index is 2.03. The zero-order chi connectivity index (χ0) is 13.1. The van der Waals surface area contributed by atoms with Crippen LogP contribution in [0.5, 0.6) is 0 Å². The molecule has 0 saturated carbocycles. The molecule has 18 heavy (non-hydrogen) atoms. The van der Waals surface area contributed by atoms with Crippen LogP contribution in [0.1, 0.15) is 43.7 Å². The minimum atomic E-state index is -0.855. The molecule has 1 aliphatic rings. The molecule has 1 N–H and O–H groups in total. The molecule has 0 fully saturated rings. The molecule has 0 spiro atoms. The van der Waals surface area contributed by atoms with Gasteiger partial charge in [-0.3, -0.25) is 4.79 Å². The summed E-state index contributed by atoms with van der Waals surface area (Å²) in [6.07, 6.45) is 0.229. The molecule has 0 saturated heterocycles. The Morgan fingerprint density at radius 2 is 2.11 bits per heavy atom. The van der Waals surface area contributed by atoms with E-state index in [-0.39, 0.29) is 12.5 Å². The number of carboxylic acid groups (broad SMARTS) is 1. The molecule has 1 unspecified atom stereocenters. The average Bonchev–Trinajstić information content (AvgIpc) is 2.76. The van der Waals surface area contributed by atoms with Gasteiger partial charge in [0.15, 0.2) is 0 Å². The van der Waals surface area contributed by atoms with Crippen LogP contribution in [0.2, 0.25) is 0 Å². The Morgan fingerprint density at radius 3 is 2.67 bits per heavy atom. The van der Waals surface area contributed by atoms with Crippen molar-refractivity contribution in [2.75, 3.05) is 0 Å². The lowest BCUT2D eigenvalue weighted by molar-refractivity contribution is -0.139. The van der Waals surface area contributed by atoms with Gasteiger partial charge in [0.25, 0.3) is 0 Å². The Hall–Kier alpha value is -1.84. The summed E-state index contributed by atoms with van der Waals surface area (Å²) in [5.41, 5.74) is 3.11. The number of hydrogen-bond acceptors (Lipinski definition) is 3. The van der Waals surface area contributed by atoms with Crippen molar-refractivity contribution < 1.29 is 14.7 Å². The largest absolute Gasteiger partial charge is 0.481 e. The second kappa shape index (κ2) is 5.21. The lowest BCUT2D eigenvalue weighted by atomic mass is 9.98. The quantitative estimate of drug-likeness (QED) is 0.890. The van der Waals surface area contributed by atoms with Crippen molar-refractivity contribution in [3.63, 3.8) is 0 Å². The Morgan fingerprint density at radius 1 is 1.44 bits per heavy atom. The van der Waals surface area contributed by atoms with Crippen LogP contribution in [0.3, 0.4) is 0 Å². The first-order chi connectivity index (χ1) is 8.56. The molecule has 0 radical (unpaired) electrons. The minimum absolute atomic E-state index is 0.00290. The van der Waals surface area contributed by atoms with Crippen LogP contribution >= 0.6 is 0 Å². The van der Waals surface area contributed by atoms with E-state index in [1.807, 2.05) is 12.1 Å². The molecule has 1 aliphatic heterocycles. The van der Waals surface area contributed by atoms with E-state index in [4.69, 9.17) is 9.94 Å². The number of carbonyl (C=O) groups is 1. The fourth-order valence-electron chi connectivity index (χ4n) is 1.96. The van der Waals surface area contributed by atoms with E-state index in [1.165, 1.54) is 5.56 Å². The van der Waals surface area contributed by atoms with Crippen molar-refractivity contribution in [3.8, 4) is 0 Å². The van der Waals surface area contributed by atoms with Crippen LogP contribution < -0.4 is 0 Å². The van der Waals surface area contributed by atoms with Crippen LogP contribution in [0, 0.1) is 0 Å². The minimum Gasteiger partial charge on any atom is -0.481 e. The highest BCUT2D eigenvalue weighted by molar-refractivity contribution is 6.01. The normalized spacial score (nSPS) is 18.6. The van der Waals surface area contributed by atoms with Crippen LogP contribution in [0.25, 0.3) is 0 Å². The molecule has 1 heterocycles. The van der Waals surface area contributed by atoms with Crippen molar-refractivity contribution >= 4 is 11.7 Å². The molecule has 1 aromatic rings. The Labute approximate surface area is 106 Å². The van der Waals surface area contributed by atoms with Gasteiger partial charge in [0.2, 0.25) is 0 Å². The highest BCUT2D eigenvalue weighted by atomic mass is 16.6. The molecule has 96 valence electrons. The van der Waals surface area contributed by atoms with Gasteiger partial charge >= 0.3 is 5.97 Å². The van der Waals surface area contributed by atoms with Crippen LogP contribution in [0.4, 0.5) is 0 Å². The highest BCUT2D eigenvalue weighted by Crippen LogP contribution is 2.21. The molecule has 0 bridgehead atoms. The lowest BCUT2D eigenvalue weighted by Crippen LogP contribution is -2.13. The molecule has 4 heteroatoms. The first kappa shape index (κ1) is 12.6. The summed E-state index contributed by atoms with van der Waals surface area (Å²) >= 11 is 0. The number of nitrogens with zero attached hydrogens (tertiary/aromatic N) is 1. The number of rotatable bonds is 4. The summed E-state index contributed by atoms with van der Waals surface area (Å²) in [4.78, 5) is 15.7. The monoisotopic (exact) mass is 247 g/mol. The van der Waals surface area contributed by atoms with Crippen molar-refractivity contribution in [3.05, 3.63) is 35.4 Å². The molecule has 0 aliphatic carbocycles. The van der Waals surface area contributed by atoms with Gasteiger partial charge in [-0.05, 0) is 17.0 Å². The van der Waals surface area contributed by atoms with E-state index < -0.39 is 5.97 Å². The maximum absolute atomic E-state index is 10.6. The van der Waals surface area contributed by atoms with Crippen molar-refractivity contribution in [2.24, 2.45) is 5.16 Å². The third-order valence-electron chi connectivity index (χ3n) is 3.05. The molecule has 1 aromatic carbocycles. The number of benzene rings is 1. The van der Waals surface area contributed by atoms with Gasteiger partial charge in [-0.2, -0.15) is 0 Å². The van der Waals surface area contributed by atoms with Crippen molar-refractivity contribution in [1.29, 1.82) is 0 Å². The smallest absolute Gasteiger partial charge is 0.307 e. The maximum atomic E-state index is 10.6. The fourth-order valence-corrected chi connectivity index (χ4v) is 1.96. The van der Waals surface area contributed by atoms with Crippen LogP contribution in [0.15, 0.2) is 29.4 Å². The SMILES string of the molecule is CC(C)c1ccc(C2=NOC(CC(=O)O)C2)cc1. The number of aliphatic carboxylic acids is 1. The van der Waals surface area contributed by atoms with E-state index in [2.05, 4.69) is 31.1 Å². The van der Waals surface area contributed by atoms with Gasteiger partial charge in [0.1, 0.15) is 6.10 Å². The maximum Gasteiger partial charge on any atom is 0.307 e. The third kappa shape index (κ3) is 2.88. The molecule has 0 aromatic heterocycles. The standard InChI is InChI=1S/C14H17NO3/c1-9(2)10-3-5-11(6-4-10)13-7-12(18-15-13)8-14(16)17/h3-6,9,12H,7-8H2,1-2H3,(H,16,17). The predicted octanol–water partition coefficient (Wildman–Crippen LogP) is 2.78. The molecule has 1 atom stereocenters. The highest BCUT2D eigenvalue weighted by Gasteiger charge is 2.24. The van der Waals surface area contributed by atoms with Gasteiger partial charge in [-0.1, -0.05) is 43.3 Å². The second-order valence-electron chi connectivity index (χ2n) is 4.84. The summed E-state index contributed by atoms with van der Waals surface area (Å²) in [7, 11) is 0. The average molecular weight is 247 g/mol. The number of hydrogen-bond donors (Lipinski definition) is 1. The summed E-state index contributed by atoms with van der Waals surface area (Å²) in [5, 5.41) is 12.7. The summed E-state index contributed by atoms with van der Waals surface area (Å²) in [6.45, 7) is 4.29. The zero-order valence-corrected chi connectivity index (χ0v) is 10.6. The van der Waals surface area contributed by atoms with Crippen molar-refractivity contribution in [1.82, 2.24) is 0 Å². The van der Waals surface area contributed by atoms with Crippen molar-refractivity contribution in [2.45, 2.75) is 38.7 Å². The van der Waals surface area contributed by atoms with E-state index in [1.54, 1.807) is 0 Å². The molecule has 0 amide bonds. The predicted molar refractivity (Wildman–Crippen MR) is 68.8 cm³/mol. The van der Waals surface area contributed by atoms with Crippen LogP contribution in [-0.2, 0) is 9.63 Å². The van der Waals surface area contributed by atoms with Gasteiger partial charge < -0.3 is 9.94 Å². The lowest BCUT2D eigenvalue weighted by Gasteiger charge is -2.06. The van der Waals surface area contributed by atoms with Gasteiger partial charge in [0.05, 0.1) is 12.1 Å². The first-order valence-electron chi connectivity index (χ1n) is 6.11. The molecular weight excluding hydrogens is 230 g/mol. The molecular formula is C14H17NO3. The zero-order valence-electron chi connectivity index (χ0n) is 10.6. The van der Waals surface area contributed by atoms with E-state index in [9.17, 15) is 4.79 Å². The summed E-state index contributed by atoms with van der Waals surface area (Å²) in [6, 6.07) is 8.18. The molecule has 4 nitrogen and oxygen atoms in total.